The highest BCUT2D eigenvalue weighted by Crippen LogP contribution is 2.27. The second-order valence-electron chi connectivity index (χ2n) is 5.00. The molecule has 0 saturated carbocycles. The zero-order valence-corrected chi connectivity index (χ0v) is 12.9. The summed E-state index contributed by atoms with van der Waals surface area (Å²) in [5.74, 6) is 0.629. The molecule has 1 saturated heterocycles. The SMILES string of the molecule is COCCn1ncc(Br)c1C(=O)C1CCNCC1C. The second kappa shape index (κ2) is 6.63. The highest BCUT2D eigenvalue weighted by atomic mass is 79.9. The van der Waals surface area contributed by atoms with Crippen LogP contribution in [0.1, 0.15) is 23.8 Å². The molecule has 1 aliphatic rings. The number of ketones is 1. The van der Waals surface area contributed by atoms with Crippen molar-refractivity contribution in [2.45, 2.75) is 19.9 Å². The summed E-state index contributed by atoms with van der Waals surface area (Å²) in [6.45, 7) is 5.09. The molecule has 5 nitrogen and oxygen atoms in total. The van der Waals surface area contributed by atoms with Gasteiger partial charge in [-0.15, -0.1) is 0 Å². The number of nitrogens with one attached hydrogen (secondary N) is 1. The van der Waals surface area contributed by atoms with Crippen LogP contribution in [0.25, 0.3) is 0 Å². The van der Waals surface area contributed by atoms with Gasteiger partial charge in [0, 0.05) is 13.0 Å². The number of aromatic nitrogens is 2. The van der Waals surface area contributed by atoms with Crippen molar-refractivity contribution in [2.24, 2.45) is 11.8 Å². The van der Waals surface area contributed by atoms with E-state index in [4.69, 9.17) is 4.74 Å². The average molecular weight is 330 g/mol. The van der Waals surface area contributed by atoms with E-state index >= 15 is 0 Å². The number of carbonyl (C=O) groups excluding carboxylic acids is 1. The lowest BCUT2D eigenvalue weighted by molar-refractivity contribution is 0.0832. The normalized spacial score (nSPS) is 23.5. The quantitative estimate of drug-likeness (QED) is 0.836. The largest absolute Gasteiger partial charge is 0.383 e. The van der Waals surface area contributed by atoms with E-state index in [2.05, 4.69) is 33.3 Å². The predicted molar refractivity (Wildman–Crippen MR) is 76.3 cm³/mol. The topological polar surface area (TPSA) is 56.2 Å². The van der Waals surface area contributed by atoms with Crippen LogP contribution in [0.15, 0.2) is 10.7 Å². The molecule has 19 heavy (non-hydrogen) atoms. The van der Waals surface area contributed by atoms with E-state index in [9.17, 15) is 4.79 Å². The van der Waals surface area contributed by atoms with Crippen LogP contribution >= 0.6 is 15.9 Å². The van der Waals surface area contributed by atoms with E-state index in [-0.39, 0.29) is 11.7 Å². The third kappa shape index (κ3) is 3.24. The van der Waals surface area contributed by atoms with Crippen LogP contribution in [0.2, 0.25) is 0 Å². The van der Waals surface area contributed by atoms with Crippen molar-refractivity contribution in [2.75, 3.05) is 26.8 Å². The number of hydrogen-bond donors (Lipinski definition) is 1. The minimum Gasteiger partial charge on any atom is -0.383 e. The van der Waals surface area contributed by atoms with Crippen LogP contribution < -0.4 is 5.32 Å². The Morgan fingerprint density at radius 1 is 1.68 bits per heavy atom. The standard InChI is InChI=1S/C13H20BrN3O2/c1-9-7-15-4-3-10(9)13(18)12-11(14)8-16-17(12)5-6-19-2/h8-10,15H,3-7H2,1-2H3. The average Bonchev–Trinajstić information content (AvgIpc) is 2.77. The summed E-state index contributed by atoms with van der Waals surface area (Å²) in [5, 5.41) is 7.57. The van der Waals surface area contributed by atoms with Crippen molar-refractivity contribution in [1.29, 1.82) is 0 Å². The molecule has 6 heteroatoms. The first-order valence-electron chi connectivity index (χ1n) is 6.60. The van der Waals surface area contributed by atoms with Crippen molar-refractivity contribution in [3.63, 3.8) is 0 Å². The summed E-state index contributed by atoms with van der Waals surface area (Å²) in [4.78, 5) is 12.7. The van der Waals surface area contributed by atoms with Crippen molar-refractivity contribution in [1.82, 2.24) is 15.1 Å². The Balaban J connectivity index is 2.19. The van der Waals surface area contributed by atoms with Gasteiger partial charge >= 0.3 is 0 Å². The van der Waals surface area contributed by atoms with Crippen LogP contribution in [0.3, 0.4) is 0 Å². The van der Waals surface area contributed by atoms with E-state index in [1.807, 2.05) is 0 Å². The fourth-order valence-corrected chi connectivity index (χ4v) is 3.03. The van der Waals surface area contributed by atoms with E-state index in [1.54, 1.807) is 18.0 Å². The maximum Gasteiger partial charge on any atom is 0.185 e. The van der Waals surface area contributed by atoms with Crippen molar-refractivity contribution >= 4 is 21.7 Å². The lowest BCUT2D eigenvalue weighted by atomic mass is 9.83. The fraction of sp³-hybridized carbons (Fsp3) is 0.692. The molecule has 1 fully saturated rings. The van der Waals surface area contributed by atoms with Crippen LogP contribution in [0, 0.1) is 11.8 Å². The summed E-state index contributed by atoms with van der Waals surface area (Å²) in [5.41, 5.74) is 0.677. The van der Waals surface area contributed by atoms with Gasteiger partial charge in [-0.3, -0.25) is 9.48 Å². The van der Waals surface area contributed by atoms with Gasteiger partial charge in [0.25, 0.3) is 0 Å². The van der Waals surface area contributed by atoms with Crippen molar-refractivity contribution < 1.29 is 9.53 Å². The first kappa shape index (κ1) is 14.7. The summed E-state index contributed by atoms with van der Waals surface area (Å²) < 4.78 is 7.58. The maximum absolute atomic E-state index is 12.7. The van der Waals surface area contributed by atoms with E-state index in [1.165, 1.54) is 0 Å². The van der Waals surface area contributed by atoms with Gasteiger partial charge in [-0.1, -0.05) is 6.92 Å². The second-order valence-corrected chi connectivity index (χ2v) is 5.85. The zero-order chi connectivity index (χ0) is 13.8. The number of nitrogens with zero attached hydrogens (tertiary/aromatic N) is 2. The Bertz CT molecular complexity index is 447. The lowest BCUT2D eigenvalue weighted by Gasteiger charge is -2.28. The van der Waals surface area contributed by atoms with Gasteiger partial charge < -0.3 is 10.1 Å². The predicted octanol–water partition coefficient (Wildman–Crippen LogP) is 1.72. The summed E-state index contributed by atoms with van der Waals surface area (Å²) in [6.07, 6.45) is 2.58. The third-order valence-corrected chi connectivity index (χ3v) is 4.24. The molecule has 1 N–H and O–H groups in total. The summed E-state index contributed by atoms with van der Waals surface area (Å²) in [6, 6.07) is 0. The molecular formula is C13H20BrN3O2. The number of rotatable bonds is 5. The molecule has 0 amide bonds. The smallest absolute Gasteiger partial charge is 0.185 e. The van der Waals surface area contributed by atoms with Gasteiger partial charge in [0.05, 0.1) is 23.8 Å². The molecule has 0 spiro atoms. The van der Waals surface area contributed by atoms with Gasteiger partial charge in [-0.25, -0.2) is 0 Å². The molecule has 1 aromatic heterocycles. The zero-order valence-electron chi connectivity index (χ0n) is 11.4. The molecular weight excluding hydrogens is 310 g/mol. The number of piperidine rings is 1. The molecule has 0 aromatic carbocycles. The van der Waals surface area contributed by atoms with Crippen LogP contribution in [0.5, 0.6) is 0 Å². The molecule has 0 bridgehead atoms. The van der Waals surface area contributed by atoms with E-state index < -0.39 is 0 Å². The van der Waals surface area contributed by atoms with E-state index in [0.717, 1.165) is 24.0 Å². The lowest BCUT2D eigenvalue weighted by Crippen LogP contribution is -2.39. The third-order valence-electron chi connectivity index (χ3n) is 3.66. The van der Waals surface area contributed by atoms with Crippen LogP contribution in [-0.4, -0.2) is 42.4 Å². The van der Waals surface area contributed by atoms with Crippen molar-refractivity contribution in [3.05, 3.63) is 16.4 Å². The summed E-state index contributed by atoms with van der Waals surface area (Å²) >= 11 is 3.44. The number of Topliss-reactive ketones (excluding diaryl/α,β-unsaturated/α-hetero) is 1. The number of hydrogen-bond acceptors (Lipinski definition) is 4. The number of ether oxygens (including phenoxy) is 1. The molecule has 2 atom stereocenters. The Labute approximate surface area is 121 Å². The van der Waals surface area contributed by atoms with Gasteiger partial charge in [-0.05, 0) is 41.4 Å². The fourth-order valence-electron chi connectivity index (χ4n) is 2.53. The minimum absolute atomic E-state index is 0.0792. The first-order chi connectivity index (χ1) is 9.15. The highest BCUT2D eigenvalue weighted by Gasteiger charge is 2.31. The molecule has 2 rings (SSSR count). The molecule has 2 heterocycles. The Kier molecular flexibility index (Phi) is 5.13. The molecule has 0 radical (unpaired) electrons. The molecule has 2 unspecified atom stereocenters. The summed E-state index contributed by atoms with van der Waals surface area (Å²) in [7, 11) is 1.65. The van der Waals surface area contributed by atoms with Crippen molar-refractivity contribution in [3.8, 4) is 0 Å². The number of carbonyl (C=O) groups is 1. The van der Waals surface area contributed by atoms with Gasteiger partial charge in [0.15, 0.2) is 5.78 Å². The first-order valence-corrected chi connectivity index (χ1v) is 7.39. The Hall–Kier alpha value is -0.720. The van der Waals surface area contributed by atoms with Gasteiger partial charge in [0.1, 0.15) is 5.69 Å². The van der Waals surface area contributed by atoms with Gasteiger partial charge in [0.2, 0.25) is 0 Å². The highest BCUT2D eigenvalue weighted by molar-refractivity contribution is 9.10. The Morgan fingerprint density at radius 3 is 3.16 bits per heavy atom. The molecule has 0 aliphatic carbocycles. The monoisotopic (exact) mass is 329 g/mol. The number of methoxy groups -OCH3 is 1. The number of halogens is 1. The Morgan fingerprint density at radius 2 is 2.47 bits per heavy atom. The molecule has 1 aliphatic heterocycles. The minimum atomic E-state index is 0.0792. The molecule has 106 valence electrons. The molecule has 1 aromatic rings. The van der Waals surface area contributed by atoms with Crippen LogP contribution in [-0.2, 0) is 11.3 Å². The van der Waals surface area contributed by atoms with Crippen LogP contribution in [0.4, 0.5) is 0 Å². The van der Waals surface area contributed by atoms with E-state index in [0.29, 0.717) is 24.8 Å². The van der Waals surface area contributed by atoms with Gasteiger partial charge in [-0.2, -0.15) is 5.10 Å². The maximum atomic E-state index is 12.7.